The van der Waals surface area contributed by atoms with Crippen molar-refractivity contribution in [1.29, 1.82) is 0 Å². The van der Waals surface area contributed by atoms with E-state index in [1.807, 2.05) is 6.08 Å². The van der Waals surface area contributed by atoms with Crippen LogP contribution in [0.3, 0.4) is 0 Å². The third-order valence-electron chi connectivity index (χ3n) is 10.6. The SMILES string of the molecule is COc1cc(C=C[C@H]2C3=CC[C@@H]4C(=O)N(c5cccc(B(O)O)c5)C(=O)[C@@H]4[C@@H]3C[C@H]3C(=O)N(c4cccc(B(O)O)c4)C(=O)[C@@H]23)cc(OC)c1O. The molecule has 0 radical (unpaired) electrons. The van der Waals surface area contributed by atoms with Crippen LogP contribution in [0.25, 0.3) is 6.08 Å². The number of amides is 4. The Balaban J connectivity index is 1.31. The van der Waals surface area contributed by atoms with Gasteiger partial charge in [0.05, 0.1) is 49.3 Å². The number of aromatic hydroxyl groups is 1. The minimum absolute atomic E-state index is 0.0989. The van der Waals surface area contributed by atoms with Crippen LogP contribution in [0, 0.1) is 35.5 Å². The number of imide groups is 2. The monoisotopic (exact) mass is 692 g/mol. The Morgan fingerprint density at radius 2 is 1.24 bits per heavy atom. The van der Waals surface area contributed by atoms with Crippen LogP contribution in [0.5, 0.6) is 17.2 Å². The number of ether oxygens (including phenoxy) is 2. The van der Waals surface area contributed by atoms with Gasteiger partial charge in [-0.05, 0) is 71.6 Å². The van der Waals surface area contributed by atoms with Crippen LogP contribution in [0.15, 0.2) is 78.4 Å². The van der Waals surface area contributed by atoms with Gasteiger partial charge >= 0.3 is 14.2 Å². The van der Waals surface area contributed by atoms with Gasteiger partial charge in [-0.1, -0.05) is 48.1 Å². The van der Waals surface area contributed by atoms with Crippen molar-refractivity contribution in [2.75, 3.05) is 24.0 Å². The number of fused-ring (bicyclic) bond motifs is 4. The van der Waals surface area contributed by atoms with E-state index in [-0.39, 0.29) is 52.4 Å². The summed E-state index contributed by atoms with van der Waals surface area (Å²) in [6.07, 6.45) is 5.74. The first-order valence-electron chi connectivity index (χ1n) is 16.5. The smallest absolute Gasteiger partial charge is 0.488 e. The summed E-state index contributed by atoms with van der Waals surface area (Å²) in [5.41, 5.74) is 1.91. The van der Waals surface area contributed by atoms with Crippen LogP contribution >= 0.6 is 0 Å². The van der Waals surface area contributed by atoms with Crippen LogP contribution in [0.1, 0.15) is 18.4 Å². The van der Waals surface area contributed by atoms with Crippen LogP contribution in [-0.2, 0) is 19.2 Å². The van der Waals surface area contributed by atoms with Crippen molar-refractivity contribution < 1.29 is 53.9 Å². The number of hydrogen-bond donors (Lipinski definition) is 5. The van der Waals surface area contributed by atoms with E-state index in [1.54, 1.807) is 30.4 Å². The van der Waals surface area contributed by atoms with Crippen molar-refractivity contribution in [1.82, 2.24) is 0 Å². The number of allylic oxidation sites excluding steroid dienone is 3. The Morgan fingerprint density at radius 3 is 1.76 bits per heavy atom. The molecule has 2 aliphatic carbocycles. The summed E-state index contributed by atoms with van der Waals surface area (Å²) < 4.78 is 10.6. The average molecular weight is 692 g/mol. The maximum Gasteiger partial charge on any atom is 0.488 e. The standard InChI is InChI=1S/C36H34B2N2O11/c1-50-28-13-18(14-29(51-2)32(28)41)9-10-24-23-11-12-25-31(36(45)39(33(25)42)21-7-3-5-19(15-21)37(46)47)26(23)17-27-30(24)35(44)40(34(27)43)22-8-4-6-20(16-22)38(48)49/h3-11,13-16,24-27,30-31,41,46-49H,12,17H2,1-2H3/t24-,25-,26+,27+,30-,31-/m0/s1. The first-order chi connectivity index (χ1) is 24.4. The van der Waals surface area contributed by atoms with E-state index in [1.165, 1.54) is 56.7 Å². The predicted octanol–water partition coefficient (Wildman–Crippen LogP) is 0.360. The molecule has 3 aromatic rings. The summed E-state index contributed by atoms with van der Waals surface area (Å²) in [5.74, 6) is -6.34. The van der Waals surface area contributed by atoms with Crippen molar-refractivity contribution in [3.8, 4) is 17.2 Å². The number of carbonyl (C=O) groups is 4. The highest BCUT2D eigenvalue weighted by molar-refractivity contribution is 6.59. The van der Waals surface area contributed by atoms with Gasteiger partial charge in [-0.2, -0.15) is 0 Å². The molecule has 6 atom stereocenters. The van der Waals surface area contributed by atoms with Gasteiger partial charge in [0.2, 0.25) is 29.4 Å². The quantitative estimate of drug-likeness (QED) is 0.124. The number of rotatable bonds is 8. The number of phenolic OH excluding ortho intramolecular Hbond substituents is 1. The first kappa shape index (κ1) is 34.2. The van der Waals surface area contributed by atoms with E-state index in [0.29, 0.717) is 5.56 Å². The molecular weight excluding hydrogens is 658 g/mol. The second-order valence-electron chi connectivity index (χ2n) is 13.2. The summed E-state index contributed by atoms with van der Waals surface area (Å²) in [6, 6.07) is 15.0. The van der Waals surface area contributed by atoms with Gasteiger partial charge in [-0.15, -0.1) is 0 Å². The molecule has 2 heterocycles. The number of methoxy groups -OCH3 is 2. The number of nitrogens with zero attached hydrogens (tertiary/aromatic N) is 2. The fraction of sp³-hybridized carbons (Fsp3) is 0.278. The molecule has 5 N–H and O–H groups in total. The third kappa shape index (κ3) is 5.62. The molecule has 15 heteroatoms. The Morgan fingerprint density at radius 1 is 0.706 bits per heavy atom. The zero-order valence-electron chi connectivity index (χ0n) is 27.6. The van der Waals surface area contributed by atoms with Crippen LogP contribution in [0.2, 0.25) is 0 Å². The molecule has 0 spiro atoms. The summed E-state index contributed by atoms with van der Waals surface area (Å²) in [4.78, 5) is 58.8. The molecule has 2 saturated heterocycles. The van der Waals surface area contributed by atoms with Gasteiger partial charge in [0.25, 0.3) is 0 Å². The molecular formula is C36H34B2N2O11. The van der Waals surface area contributed by atoms with Crippen LogP contribution in [0.4, 0.5) is 11.4 Å². The molecule has 1 saturated carbocycles. The molecule has 0 unspecified atom stereocenters. The lowest BCUT2D eigenvalue weighted by molar-refractivity contribution is -0.126. The summed E-state index contributed by atoms with van der Waals surface area (Å²) in [6.45, 7) is 0. The van der Waals surface area contributed by atoms with E-state index in [4.69, 9.17) is 9.47 Å². The molecule has 13 nitrogen and oxygen atoms in total. The number of phenols is 1. The third-order valence-corrected chi connectivity index (χ3v) is 10.6. The van der Waals surface area contributed by atoms with Crippen molar-refractivity contribution in [2.45, 2.75) is 12.8 Å². The Bertz CT molecular complexity index is 1990. The minimum Gasteiger partial charge on any atom is -0.502 e. The molecule has 260 valence electrons. The second kappa shape index (κ2) is 13.2. The number of anilines is 2. The van der Waals surface area contributed by atoms with Crippen molar-refractivity contribution in [3.63, 3.8) is 0 Å². The fourth-order valence-electron chi connectivity index (χ4n) is 8.23. The molecule has 2 aliphatic heterocycles. The molecule has 4 aliphatic rings. The lowest BCUT2D eigenvalue weighted by Crippen LogP contribution is -2.43. The van der Waals surface area contributed by atoms with Crippen molar-refractivity contribution >= 4 is 66.2 Å². The number of benzene rings is 3. The second-order valence-corrected chi connectivity index (χ2v) is 13.2. The van der Waals surface area contributed by atoms with Gasteiger partial charge < -0.3 is 34.7 Å². The fourth-order valence-corrected chi connectivity index (χ4v) is 8.23. The van der Waals surface area contributed by atoms with E-state index in [0.717, 1.165) is 15.4 Å². The number of hydrogen-bond acceptors (Lipinski definition) is 11. The normalized spacial score (nSPS) is 25.5. The van der Waals surface area contributed by atoms with E-state index in [2.05, 4.69) is 0 Å². The zero-order chi connectivity index (χ0) is 36.3. The molecule has 3 aromatic carbocycles. The Kier molecular flexibility index (Phi) is 8.84. The Hall–Kier alpha value is -5.21. The first-order valence-corrected chi connectivity index (χ1v) is 16.5. The zero-order valence-corrected chi connectivity index (χ0v) is 27.6. The maximum atomic E-state index is 14.3. The van der Waals surface area contributed by atoms with E-state index in [9.17, 15) is 44.4 Å². The predicted molar refractivity (Wildman–Crippen MR) is 186 cm³/mol. The summed E-state index contributed by atoms with van der Waals surface area (Å²) in [5, 5.41) is 49.5. The summed E-state index contributed by atoms with van der Waals surface area (Å²) in [7, 11) is -0.834. The average Bonchev–Trinajstić information content (AvgIpc) is 3.54. The summed E-state index contributed by atoms with van der Waals surface area (Å²) >= 11 is 0. The van der Waals surface area contributed by atoms with Gasteiger partial charge in [0.1, 0.15) is 0 Å². The molecule has 4 amide bonds. The van der Waals surface area contributed by atoms with Crippen LogP contribution in [-0.4, -0.2) is 77.3 Å². The van der Waals surface area contributed by atoms with Gasteiger partial charge in [0.15, 0.2) is 11.5 Å². The number of carbonyl (C=O) groups excluding carboxylic acids is 4. The minimum atomic E-state index is -1.82. The lowest BCUT2D eigenvalue weighted by atomic mass is 9.58. The van der Waals surface area contributed by atoms with Crippen LogP contribution < -0.4 is 30.2 Å². The molecule has 51 heavy (non-hydrogen) atoms. The molecule has 0 bridgehead atoms. The van der Waals surface area contributed by atoms with Gasteiger partial charge in [0, 0.05) is 5.92 Å². The molecule has 0 aromatic heterocycles. The topological polar surface area (TPSA) is 194 Å². The van der Waals surface area contributed by atoms with Crippen molar-refractivity contribution in [2.24, 2.45) is 35.5 Å². The highest BCUT2D eigenvalue weighted by Crippen LogP contribution is 2.56. The largest absolute Gasteiger partial charge is 0.502 e. The van der Waals surface area contributed by atoms with Gasteiger partial charge in [-0.25, -0.2) is 0 Å². The highest BCUT2D eigenvalue weighted by atomic mass is 16.5. The molecule has 7 rings (SSSR count). The van der Waals surface area contributed by atoms with Gasteiger partial charge in [-0.3, -0.25) is 29.0 Å². The molecule has 3 fully saturated rings. The van der Waals surface area contributed by atoms with E-state index >= 15 is 0 Å². The van der Waals surface area contributed by atoms with Crippen molar-refractivity contribution in [3.05, 3.63) is 84.0 Å². The highest BCUT2D eigenvalue weighted by Gasteiger charge is 2.61. The van der Waals surface area contributed by atoms with E-state index < -0.39 is 73.4 Å². The maximum absolute atomic E-state index is 14.3. The lowest BCUT2D eigenvalue weighted by Gasteiger charge is -2.42. The Labute approximate surface area is 293 Å².